The molecule has 3 N–H and O–H groups in total. The van der Waals surface area contributed by atoms with E-state index in [0.29, 0.717) is 13.0 Å². The second kappa shape index (κ2) is 6.79. The highest BCUT2D eigenvalue weighted by Crippen LogP contribution is 2.02. The summed E-state index contributed by atoms with van der Waals surface area (Å²) < 4.78 is 0. The Morgan fingerprint density at radius 1 is 1.36 bits per heavy atom. The normalized spacial score (nSPS) is 20.1. The van der Waals surface area contributed by atoms with Gasteiger partial charge in [0.1, 0.15) is 0 Å². The topological polar surface area (TPSA) is 58.4 Å². The Kier molecular flexibility index (Phi) is 5.56. The number of rotatable bonds is 3. The minimum atomic E-state index is 0.271. The first-order valence-corrected chi connectivity index (χ1v) is 5.53. The van der Waals surface area contributed by atoms with Gasteiger partial charge in [-0.3, -0.25) is 4.79 Å². The Morgan fingerprint density at radius 2 is 2.21 bits per heavy atom. The maximum Gasteiger partial charge on any atom is 0.223 e. The van der Waals surface area contributed by atoms with E-state index in [1.165, 1.54) is 0 Å². The van der Waals surface area contributed by atoms with Crippen LogP contribution in [0.5, 0.6) is 0 Å². The summed E-state index contributed by atoms with van der Waals surface area (Å²) in [5.74, 6) is 0.271. The Balaban J connectivity index is 2.36. The van der Waals surface area contributed by atoms with E-state index in [0.717, 1.165) is 45.4 Å². The molecule has 4 heteroatoms. The summed E-state index contributed by atoms with van der Waals surface area (Å²) in [4.78, 5) is 13.6. The largest absolute Gasteiger partial charge is 0.343 e. The standard InChI is InChI=1S/C10H21N3O/c11-5-3-9-13-8-2-1-6-12-7-4-10(13)14/h12H,1-9,11H2. The molecule has 0 atom stereocenters. The molecule has 1 fully saturated rings. The quantitative estimate of drug-likeness (QED) is 0.669. The second-order valence-electron chi connectivity index (χ2n) is 3.73. The minimum Gasteiger partial charge on any atom is -0.343 e. The van der Waals surface area contributed by atoms with Gasteiger partial charge in [-0.15, -0.1) is 0 Å². The zero-order valence-electron chi connectivity index (χ0n) is 8.80. The maximum atomic E-state index is 11.7. The fraction of sp³-hybridized carbons (Fsp3) is 0.900. The molecule has 14 heavy (non-hydrogen) atoms. The fourth-order valence-corrected chi connectivity index (χ4v) is 1.67. The molecule has 1 saturated heterocycles. The Morgan fingerprint density at radius 3 is 3.00 bits per heavy atom. The molecule has 0 radical (unpaired) electrons. The third-order valence-corrected chi connectivity index (χ3v) is 2.53. The van der Waals surface area contributed by atoms with Crippen molar-refractivity contribution >= 4 is 5.91 Å². The number of nitrogens with zero attached hydrogens (tertiary/aromatic N) is 1. The van der Waals surface area contributed by atoms with E-state index >= 15 is 0 Å². The summed E-state index contributed by atoms with van der Waals surface area (Å²) in [5, 5.41) is 3.26. The number of nitrogens with two attached hydrogens (primary N) is 1. The van der Waals surface area contributed by atoms with Crippen LogP contribution in [0.1, 0.15) is 25.7 Å². The van der Waals surface area contributed by atoms with Crippen LogP contribution < -0.4 is 11.1 Å². The van der Waals surface area contributed by atoms with E-state index in [1.807, 2.05) is 4.90 Å². The molecule has 0 aromatic heterocycles. The number of carbonyl (C=O) groups is 1. The molecule has 1 heterocycles. The van der Waals surface area contributed by atoms with Crippen molar-refractivity contribution in [2.75, 3.05) is 32.7 Å². The lowest BCUT2D eigenvalue weighted by molar-refractivity contribution is -0.131. The van der Waals surface area contributed by atoms with Gasteiger partial charge in [-0.25, -0.2) is 0 Å². The molecule has 0 saturated carbocycles. The highest BCUT2D eigenvalue weighted by atomic mass is 16.2. The van der Waals surface area contributed by atoms with Crippen LogP contribution >= 0.6 is 0 Å². The molecule has 0 aromatic carbocycles. The second-order valence-corrected chi connectivity index (χ2v) is 3.73. The van der Waals surface area contributed by atoms with Crippen molar-refractivity contribution in [2.45, 2.75) is 25.7 Å². The van der Waals surface area contributed by atoms with Crippen LogP contribution in [0.15, 0.2) is 0 Å². The van der Waals surface area contributed by atoms with E-state index < -0.39 is 0 Å². The number of amides is 1. The Hall–Kier alpha value is -0.610. The number of hydrogen-bond donors (Lipinski definition) is 2. The van der Waals surface area contributed by atoms with Crippen LogP contribution in [0.4, 0.5) is 0 Å². The molecule has 1 aliphatic heterocycles. The maximum absolute atomic E-state index is 11.7. The average molecular weight is 199 g/mol. The number of hydrogen-bond acceptors (Lipinski definition) is 3. The highest BCUT2D eigenvalue weighted by Gasteiger charge is 2.13. The van der Waals surface area contributed by atoms with Crippen molar-refractivity contribution in [1.82, 2.24) is 10.2 Å². The number of carbonyl (C=O) groups excluding carboxylic acids is 1. The van der Waals surface area contributed by atoms with Gasteiger partial charge in [0.2, 0.25) is 5.91 Å². The van der Waals surface area contributed by atoms with Crippen molar-refractivity contribution in [2.24, 2.45) is 5.73 Å². The van der Waals surface area contributed by atoms with Crippen LogP contribution in [0.2, 0.25) is 0 Å². The van der Waals surface area contributed by atoms with Gasteiger partial charge in [-0.2, -0.15) is 0 Å². The van der Waals surface area contributed by atoms with Gasteiger partial charge in [-0.05, 0) is 32.4 Å². The SMILES string of the molecule is NCCCN1CCCCNCCC1=O. The summed E-state index contributed by atoms with van der Waals surface area (Å²) in [5.41, 5.74) is 5.44. The van der Waals surface area contributed by atoms with Crippen LogP contribution in [-0.4, -0.2) is 43.5 Å². The summed E-state index contributed by atoms with van der Waals surface area (Å²) in [6.45, 7) is 4.26. The number of nitrogens with one attached hydrogen (secondary N) is 1. The molecular formula is C10H21N3O. The smallest absolute Gasteiger partial charge is 0.223 e. The molecule has 0 unspecified atom stereocenters. The van der Waals surface area contributed by atoms with E-state index in [2.05, 4.69) is 5.32 Å². The Bertz CT molecular complexity index is 173. The van der Waals surface area contributed by atoms with Gasteiger partial charge in [0.15, 0.2) is 0 Å². The molecule has 0 bridgehead atoms. The van der Waals surface area contributed by atoms with E-state index in [9.17, 15) is 4.79 Å². The van der Waals surface area contributed by atoms with Crippen molar-refractivity contribution in [3.8, 4) is 0 Å². The lowest BCUT2D eigenvalue weighted by atomic mass is 10.2. The lowest BCUT2D eigenvalue weighted by Gasteiger charge is -2.21. The highest BCUT2D eigenvalue weighted by molar-refractivity contribution is 5.76. The molecule has 1 amide bonds. The van der Waals surface area contributed by atoms with Crippen LogP contribution in [0, 0.1) is 0 Å². The van der Waals surface area contributed by atoms with Gasteiger partial charge >= 0.3 is 0 Å². The Labute approximate surface area is 85.8 Å². The summed E-state index contributed by atoms with van der Waals surface area (Å²) in [6.07, 6.45) is 3.81. The van der Waals surface area contributed by atoms with Crippen LogP contribution in [-0.2, 0) is 4.79 Å². The van der Waals surface area contributed by atoms with Gasteiger partial charge < -0.3 is 16.0 Å². The predicted octanol–water partition coefficient (Wildman–Crippen LogP) is -0.0627. The molecule has 82 valence electrons. The van der Waals surface area contributed by atoms with Gasteiger partial charge in [-0.1, -0.05) is 0 Å². The molecular weight excluding hydrogens is 178 g/mol. The van der Waals surface area contributed by atoms with E-state index in [-0.39, 0.29) is 5.91 Å². The first-order valence-electron chi connectivity index (χ1n) is 5.53. The summed E-state index contributed by atoms with van der Waals surface area (Å²) in [6, 6.07) is 0. The van der Waals surface area contributed by atoms with Crippen LogP contribution in [0.3, 0.4) is 0 Å². The third-order valence-electron chi connectivity index (χ3n) is 2.53. The monoisotopic (exact) mass is 199 g/mol. The molecule has 0 aromatic rings. The van der Waals surface area contributed by atoms with E-state index in [1.54, 1.807) is 0 Å². The first-order chi connectivity index (χ1) is 6.84. The van der Waals surface area contributed by atoms with Crippen molar-refractivity contribution in [3.63, 3.8) is 0 Å². The summed E-state index contributed by atoms with van der Waals surface area (Å²) in [7, 11) is 0. The molecule has 4 nitrogen and oxygen atoms in total. The van der Waals surface area contributed by atoms with Crippen molar-refractivity contribution in [1.29, 1.82) is 0 Å². The van der Waals surface area contributed by atoms with Gasteiger partial charge in [0.25, 0.3) is 0 Å². The molecule has 0 aliphatic carbocycles. The van der Waals surface area contributed by atoms with Crippen LogP contribution in [0.25, 0.3) is 0 Å². The van der Waals surface area contributed by atoms with Gasteiger partial charge in [0, 0.05) is 26.1 Å². The fourth-order valence-electron chi connectivity index (χ4n) is 1.67. The first kappa shape index (κ1) is 11.5. The lowest BCUT2D eigenvalue weighted by Crippen LogP contribution is -2.34. The van der Waals surface area contributed by atoms with Gasteiger partial charge in [0.05, 0.1) is 0 Å². The molecule has 1 rings (SSSR count). The molecule has 0 spiro atoms. The predicted molar refractivity (Wildman–Crippen MR) is 57.0 cm³/mol. The van der Waals surface area contributed by atoms with Crippen molar-refractivity contribution in [3.05, 3.63) is 0 Å². The van der Waals surface area contributed by atoms with E-state index in [4.69, 9.17) is 5.73 Å². The average Bonchev–Trinajstić information content (AvgIpc) is 2.28. The third kappa shape index (κ3) is 4.07. The van der Waals surface area contributed by atoms with Crippen molar-refractivity contribution < 1.29 is 4.79 Å². The molecule has 1 aliphatic rings. The minimum absolute atomic E-state index is 0.271. The zero-order valence-corrected chi connectivity index (χ0v) is 8.80. The zero-order chi connectivity index (χ0) is 10.2. The summed E-state index contributed by atoms with van der Waals surface area (Å²) >= 11 is 0.